The summed E-state index contributed by atoms with van der Waals surface area (Å²) in [4.78, 5) is 22.9. The van der Waals surface area contributed by atoms with E-state index in [1.54, 1.807) is 19.3 Å². The molecule has 4 heterocycles. The van der Waals surface area contributed by atoms with Gasteiger partial charge in [0, 0.05) is 62.5 Å². The van der Waals surface area contributed by atoms with Crippen LogP contribution in [-0.4, -0.2) is 50.6 Å². The molecule has 3 atom stereocenters. The van der Waals surface area contributed by atoms with E-state index >= 15 is 0 Å². The number of piperidine rings is 1. The number of carbonyl (C=O) groups is 1. The molecule has 8 nitrogen and oxygen atoms in total. The Labute approximate surface area is 197 Å². The van der Waals surface area contributed by atoms with Crippen molar-refractivity contribution in [3.8, 4) is 22.9 Å². The number of hydrogen-bond acceptors (Lipinski definition) is 6. The summed E-state index contributed by atoms with van der Waals surface area (Å²) in [7, 11) is 0. The number of likely N-dealkylation sites (tertiary alicyclic amines) is 1. The molecule has 2 N–H and O–H groups in total. The molecule has 0 spiro atoms. The van der Waals surface area contributed by atoms with Crippen molar-refractivity contribution in [3.05, 3.63) is 66.6 Å². The van der Waals surface area contributed by atoms with E-state index in [1.807, 2.05) is 36.4 Å². The van der Waals surface area contributed by atoms with Crippen LogP contribution in [0, 0.1) is 17.8 Å². The van der Waals surface area contributed by atoms with Crippen LogP contribution in [0.2, 0.25) is 0 Å². The van der Waals surface area contributed by atoms with Gasteiger partial charge in [-0.15, -0.1) is 0 Å². The second kappa shape index (κ2) is 8.53. The normalized spacial score (nSPS) is 21.4. The fraction of sp³-hybridized carbons (Fsp3) is 0.308. The van der Waals surface area contributed by atoms with Gasteiger partial charge in [-0.05, 0) is 54.2 Å². The van der Waals surface area contributed by atoms with Gasteiger partial charge in [-0.2, -0.15) is 5.10 Å². The largest absolute Gasteiger partial charge is 0.439 e. The summed E-state index contributed by atoms with van der Waals surface area (Å²) in [5.74, 6) is 3.42. The van der Waals surface area contributed by atoms with Crippen LogP contribution in [0.4, 0.5) is 0 Å². The van der Waals surface area contributed by atoms with Crippen molar-refractivity contribution in [1.82, 2.24) is 30.4 Å². The van der Waals surface area contributed by atoms with Crippen molar-refractivity contribution in [3.63, 3.8) is 0 Å². The zero-order valence-corrected chi connectivity index (χ0v) is 18.9. The van der Waals surface area contributed by atoms with Crippen LogP contribution in [0.25, 0.3) is 22.2 Å². The lowest BCUT2D eigenvalue weighted by Gasteiger charge is -2.19. The zero-order chi connectivity index (χ0) is 23.1. The number of ether oxygens (including phenoxy) is 1. The first-order valence-electron chi connectivity index (χ1n) is 11.6. The minimum Gasteiger partial charge on any atom is -0.439 e. The van der Waals surface area contributed by atoms with Gasteiger partial charge in [0.05, 0.1) is 16.9 Å². The number of aromatic nitrogens is 4. The van der Waals surface area contributed by atoms with E-state index in [9.17, 15) is 4.79 Å². The molecule has 1 aromatic carbocycles. The molecule has 2 unspecified atom stereocenters. The highest BCUT2D eigenvalue weighted by atomic mass is 16.5. The third-order valence-corrected chi connectivity index (χ3v) is 6.91. The van der Waals surface area contributed by atoms with Crippen LogP contribution in [0.3, 0.4) is 0 Å². The predicted molar refractivity (Wildman–Crippen MR) is 128 cm³/mol. The number of carbonyl (C=O) groups excluding carboxylic acids is 1. The fourth-order valence-electron chi connectivity index (χ4n) is 5.09. The molecule has 4 aromatic rings. The molecule has 2 fully saturated rings. The van der Waals surface area contributed by atoms with Crippen LogP contribution < -0.4 is 10.1 Å². The number of aromatic amines is 1. The first kappa shape index (κ1) is 20.8. The van der Waals surface area contributed by atoms with E-state index in [0.29, 0.717) is 23.6 Å². The van der Waals surface area contributed by atoms with Gasteiger partial charge in [0.2, 0.25) is 11.8 Å². The van der Waals surface area contributed by atoms with Gasteiger partial charge >= 0.3 is 0 Å². The molecule has 2 aliphatic rings. The minimum absolute atomic E-state index is 0.0650. The second-order valence-corrected chi connectivity index (χ2v) is 9.24. The maximum Gasteiger partial charge on any atom is 0.219 e. The SMILES string of the molecule is CC(=O)NCC1C2CN(Cc3ccc4cc(Oc5ccc(-c6ccn[nH]6)cn5)ccc4n3)C[C@@H]12. The highest BCUT2D eigenvalue weighted by molar-refractivity contribution is 5.80. The van der Waals surface area contributed by atoms with E-state index in [2.05, 4.69) is 37.5 Å². The second-order valence-electron chi connectivity index (χ2n) is 9.24. The Kier molecular flexibility index (Phi) is 5.22. The molecule has 1 amide bonds. The van der Waals surface area contributed by atoms with E-state index < -0.39 is 0 Å². The maximum atomic E-state index is 11.1. The number of amides is 1. The van der Waals surface area contributed by atoms with Crippen molar-refractivity contribution in [2.75, 3.05) is 19.6 Å². The molecule has 1 aliphatic carbocycles. The van der Waals surface area contributed by atoms with E-state index in [-0.39, 0.29) is 5.91 Å². The van der Waals surface area contributed by atoms with Gasteiger partial charge in [-0.1, -0.05) is 6.07 Å². The van der Waals surface area contributed by atoms with Crippen LogP contribution in [0.15, 0.2) is 60.9 Å². The van der Waals surface area contributed by atoms with Gasteiger partial charge < -0.3 is 10.1 Å². The van der Waals surface area contributed by atoms with E-state index in [1.165, 1.54) is 0 Å². The van der Waals surface area contributed by atoms with Gasteiger partial charge in [0.15, 0.2) is 0 Å². The Bertz CT molecular complexity index is 1310. The average molecular weight is 455 g/mol. The number of H-pyrrole nitrogens is 1. The molecule has 3 aromatic heterocycles. The van der Waals surface area contributed by atoms with Gasteiger partial charge in [-0.3, -0.25) is 19.8 Å². The number of rotatable bonds is 7. The first-order chi connectivity index (χ1) is 16.6. The molecule has 34 heavy (non-hydrogen) atoms. The summed E-state index contributed by atoms with van der Waals surface area (Å²) in [6.45, 7) is 5.45. The number of hydrogen-bond donors (Lipinski definition) is 2. The molecule has 0 bridgehead atoms. The molecule has 0 radical (unpaired) electrons. The summed E-state index contributed by atoms with van der Waals surface area (Å²) in [6, 6.07) is 15.8. The van der Waals surface area contributed by atoms with Gasteiger partial charge in [0.1, 0.15) is 5.75 Å². The number of nitrogens with zero attached hydrogens (tertiary/aromatic N) is 4. The maximum absolute atomic E-state index is 11.1. The summed E-state index contributed by atoms with van der Waals surface area (Å²) < 4.78 is 5.96. The monoisotopic (exact) mass is 454 g/mol. The highest BCUT2D eigenvalue weighted by Gasteiger charge is 2.55. The molecule has 172 valence electrons. The summed E-state index contributed by atoms with van der Waals surface area (Å²) in [5, 5.41) is 10.9. The topological polar surface area (TPSA) is 96.0 Å². The molecular weight excluding hydrogens is 428 g/mol. The standard InChI is InChI=1S/C26H26N6O2/c1-16(33)27-12-21-22-14-32(15-23(21)22)13-19-4-2-17-10-20(5-6-24(17)30-19)34-26-7-3-18(11-28-26)25-8-9-29-31-25/h2-11,21-23H,12-15H2,1H3,(H,27,33)(H,29,31)/t21?,22-,23?/m0/s1. The van der Waals surface area contributed by atoms with Gasteiger partial charge in [-0.25, -0.2) is 4.98 Å². The number of nitrogens with one attached hydrogen (secondary N) is 2. The Hall–Kier alpha value is -3.78. The predicted octanol–water partition coefficient (Wildman–Crippen LogP) is 3.63. The summed E-state index contributed by atoms with van der Waals surface area (Å²) >= 11 is 0. The molecule has 6 rings (SSSR count). The fourth-order valence-corrected chi connectivity index (χ4v) is 5.09. The van der Waals surface area contributed by atoms with E-state index in [0.717, 1.165) is 59.8 Å². The molecule has 8 heteroatoms. The van der Waals surface area contributed by atoms with Crippen LogP contribution >= 0.6 is 0 Å². The van der Waals surface area contributed by atoms with E-state index in [4.69, 9.17) is 9.72 Å². The molecule has 1 saturated carbocycles. The summed E-state index contributed by atoms with van der Waals surface area (Å²) in [5.41, 5.74) is 3.92. The highest BCUT2D eigenvalue weighted by Crippen LogP contribution is 2.51. The Morgan fingerprint density at radius 2 is 2.03 bits per heavy atom. The lowest BCUT2D eigenvalue weighted by Crippen LogP contribution is -2.29. The molecular formula is C26H26N6O2. The lowest BCUT2D eigenvalue weighted by atomic mass is 10.2. The van der Waals surface area contributed by atoms with Crippen molar-refractivity contribution in [1.29, 1.82) is 0 Å². The van der Waals surface area contributed by atoms with Crippen molar-refractivity contribution < 1.29 is 9.53 Å². The smallest absolute Gasteiger partial charge is 0.219 e. The van der Waals surface area contributed by atoms with Crippen molar-refractivity contribution in [2.24, 2.45) is 17.8 Å². The molecule has 1 aliphatic heterocycles. The summed E-state index contributed by atoms with van der Waals surface area (Å²) in [6.07, 6.45) is 3.48. The Balaban J connectivity index is 1.07. The van der Waals surface area contributed by atoms with Crippen LogP contribution in [0.5, 0.6) is 11.6 Å². The minimum atomic E-state index is 0.0650. The number of benzene rings is 1. The van der Waals surface area contributed by atoms with Crippen LogP contribution in [0.1, 0.15) is 12.6 Å². The quantitative estimate of drug-likeness (QED) is 0.443. The zero-order valence-electron chi connectivity index (χ0n) is 18.9. The number of pyridine rings is 2. The number of fused-ring (bicyclic) bond motifs is 2. The Morgan fingerprint density at radius 3 is 2.76 bits per heavy atom. The first-order valence-corrected chi connectivity index (χ1v) is 11.6. The molecule has 1 saturated heterocycles. The lowest BCUT2D eigenvalue weighted by molar-refractivity contribution is -0.119. The van der Waals surface area contributed by atoms with Crippen LogP contribution in [-0.2, 0) is 11.3 Å². The van der Waals surface area contributed by atoms with Gasteiger partial charge in [0.25, 0.3) is 0 Å². The van der Waals surface area contributed by atoms with Crippen molar-refractivity contribution in [2.45, 2.75) is 13.5 Å². The van der Waals surface area contributed by atoms with Crippen molar-refractivity contribution >= 4 is 16.8 Å². The third kappa shape index (κ3) is 4.24. The average Bonchev–Trinajstić information content (AvgIpc) is 3.20. The third-order valence-electron chi connectivity index (χ3n) is 6.91. The Morgan fingerprint density at radius 1 is 1.15 bits per heavy atom.